The molecule has 0 saturated heterocycles. The van der Waals surface area contributed by atoms with Crippen LogP contribution in [0.25, 0.3) is 11.6 Å². The van der Waals surface area contributed by atoms with Gasteiger partial charge in [-0.15, -0.1) is 10.2 Å². The van der Waals surface area contributed by atoms with Gasteiger partial charge in [0.1, 0.15) is 0 Å². The third-order valence-electron chi connectivity index (χ3n) is 1.49. The van der Waals surface area contributed by atoms with Crippen molar-refractivity contribution in [3.05, 3.63) is 18.4 Å². The van der Waals surface area contributed by atoms with Gasteiger partial charge in [0.2, 0.25) is 5.82 Å². The summed E-state index contributed by atoms with van der Waals surface area (Å²) in [6, 6.07) is 3.50. The average molecular weight is 180 g/mol. The van der Waals surface area contributed by atoms with Gasteiger partial charge in [-0.25, -0.2) is 0 Å². The van der Waals surface area contributed by atoms with Crippen LogP contribution in [-0.4, -0.2) is 31.9 Å². The summed E-state index contributed by atoms with van der Waals surface area (Å²) in [6.45, 7) is 0.335. The third-order valence-corrected chi connectivity index (χ3v) is 1.49. The van der Waals surface area contributed by atoms with Crippen molar-refractivity contribution < 1.29 is 9.52 Å². The van der Waals surface area contributed by atoms with Crippen molar-refractivity contribution >= 4 is 0 Å². The first-order valence-electron chi connectivity index (χ1n) is 3.82. The molecule has 0 atom stereocenters. The van der Waals surface area contributed by atoms with Crippen molar-refractivity contribution in [3.63, 3.8) is 0 Å². The predicted octanol–water partition coefficient (Wildman–Crippen LogP) is -0.0746. The molecule has 0 aliphatic carbocycles. The number of aromatic nitrogens is 4. The van der Waals surface area contributed by atoms with Gasteiger partial charge in [-0.1, -0.05) is 0 Å². The molecule has 0 amide bonds. The summed E-state index contributed by atoms with van der Waals surface area (Å²) in [7, 11) is 0. The standard InChI is InChI=1S/C7H8N4O2/c12-4-3-11-9-7(8-10-11)6-2-1-5-13-6/h1-2,5,12H,3-4H2. The maximum Gasteiger partial charge on any atom is 0.240 e. The van der Waals surface area contributed by atoms with Crippen LogP contribution in [0.2, 0.25) is 0 Å². The van der Waals surface area contributed by atoms with E-state index in [2.05, 4.69) is 15.4 Å². The molecule has 0 aromatic carbocycles. The fraction of sp³-hybridized carbons (Fsp3) is 0.286. The van der Waals surface area contributed by atoms with Crippen molar-refractivity contribution in [2.75, 3.05) is 6.61 Å². The van der Waals surface area contributed by atoms with Crippen LogP contribution in [-0.2, 0) is 6.54 Å². The van der Waals surface area contributed by atoms with Gasteiger partial charge in [0, 0.05) is 0 Å². The Bertz CT molecular complexity index is 368. The van der Waals surface area contributed by atoms with E-state index in [1.807, 2.05) is 0 Å². The number of tetrazole rings is 1. The normalized spacial score (nSPS) is 10.5. The average Bonchev–Trinajstić information content (AvgIpc) is 2.70. The molecule has 2 rings (SSSR count). The smallest absolute Gasteiger partial charge is 0.240 e. The van der Waals surface area contributed by atoms with E-state index < -0.39 is 0 Å². The van der Waals surface area contributed by atoms with E-state index in [1.165, 1.54) is 4.80 Å². The Morgan fingerprint density at radius 2 is 2.46 bits per heavy atom. The van der Waals surface area contributed by atoms with E-state index in [-0.39, 0.29) is 6.61 Å². The van der Waals surface area contributed by atoms with Gasteiger partial charge in [-0.05, 0) is 17.3 Å². The van der Waals surface area contributed by atoms with Crippen LogP contribution in [0.5, 0.6) is 0 Å². The second-order valence-corrected chi connectivity index (χ2v) is 2.41. The number of nitrogens with zero attached hydrogens (tertiary/aromatic N) is 4. The quantitative estimate of drug-likeness (QED) is 0.715. The molecule has 2 heterocycles. The molecule has 0 unspecified atom stereocenters. The number of furan rings is 1. The van der Waals surface area contributed by atoms with E-state index >= 15 is 0 Å². The minimum Gasteiger partial charge on any atom is -0.461 e. The van der Waals surface area contributed by atoms with Crippen molar-refractivity contribution in [2.45, 2.75) is 6.54 Å². The van der Waals surface area contributed by atoms with Crippen LogP contribution in [0.1, 0.15) is 0 Å². The lowest BCUT2D eigenvalue weighted by atomic mass is 10.4. The molecule has 0 radical (unpaired) electrons. The monoisotopic (exact) mass is 180 g/mol. The van der Waals surface area contributed by atoms with Crippen molar-refractivity contribution in [3.8, 4) is 11.6 Å². The van der Waals surface area contributed by atoms with Crippen LogP contribution in [0, 0.1) is 0 Å². The molecule has 6 nitrogen and oxygen atoms in total. The van der Waals surface area contributed by atoms with E-state index in [0.29, 0.717) is 18.1 Å². The van der Waals surface area contributed by atoms with Gasteiger partial charge in [0.05, 0.1) is 19.4 Å². The van der Waals surface area contributed by atoms with Crippen molar-refractivity contribution in [1.29, 1.82) is 0 Å². The molecule has 1 N–H and O–H groups in total. The van der Waals surface area contributed by atoms with E-state index in [1.54, 1.807) is 18.4 Å². The zero-order valence-electron chi connectivity index (χ0n) is 6.79. The van der Waals surface area contributed by atoms with Crippen LogP contribution in [0.3, 0.4) is 0 Å². The highest BCUT2D eigenvalue weighted by Crippen LogP contribution is 2.12. The zero-order valence-corrected chi connectivity index (χ0v) is 6.79. The van der Waals surface area contributed by atoms with Crippen molar-refractivity contribution in [1.82, 2.24) is 20.2 Å². The summed E-state index contributed by atoms with van der Waals surface area (Å²) in [5.74, 6) is 1.00. The molecule has 2 aromatic rings. The fourth-order valence-corrected chi connectivity index (χ4v) is 0.932. The molecular weight excluding hydrogens is 172 g/mol. The Morgan fingerprint density at radius 1 is 1.54 bits per heavy atom. The summed E-state index contributed by atoms with van der Waals surface area (Å²) in [5, 5.41) is 20.1. The molecule has 0 aliphatic rings. The lowest BCUT2D eigenvalue weighted by Gasteiger charge is -1.89. The lowest BCUT2D eigenvalue weighted by molar-refractivity contribution is 0.259. The SMILES string of the molecule is OCCn1nnc(-c2ccco2)n1. The first kappa shape index (κ1) is 7.93. The first-order valence-corrected chi connectivity index (χ1v) is 3.82. The molecule has 68 valence electrons. The maximum absolute atomic E-state index is 8.61. The maximum atomic E-state index is 8.61. The van der Waals surface area contributed by atoms with Crippen molar-refractivity contribution in [2.24, 2.45) is 0 Å². The van der Waals surface area contributed by atoms with Crippen LogP contribution in [0.15, 0.2) is 22.8 Å². The molecule has 2 aromatic heterocycles. The number of aliphatic hydroxyl groups is 1. The fourth-order valence-electron chi connectivity index (χ4n) is 0.932. The van der Waals surface area contributed by atoms with Gasteiger partial charge in [0.25, 0.3) is 0 Å². The topological polar surface area (TPSA) is 77.0 Å². The summed E-state index contributed by atoms with van der Waals surface area (Å²) in [5.41, 5.74) is 0. The molecular formula is C7H8N4O2. The Kier molecular flexibility index (Phi) is 2.05. The summed E-state index contributed by atoms with van der Waals surface area (Å²) in [4.78, 5) is 1.32. The Balaban J connectivity index is 2.23. The van der Waals surface area contributed by atoms with E-state index in [0.717, 1.165) is 0 Å². The Morgan fingerprint density at radius 3 is 3.15 bits per heavy atom. The minimum atomic E-state index is -0.00600. The van der Waals surface area contributed by atoms with Gasteiger partial charge in [0.15, 0.2) is 5.76 Å². The Hall–Kier alpha value is -1.69. The highest BCUT2D eigenvalue weighted by molar-refractivity contribution is 5.43. The molecule has 0 spiro atoms. The third kappa shape index (κ3) is 1.57. The van der Waals surface area contributed by atoms with Crippen LogP contribution < -0.4 is 0 Å². The Labute approximate surface area is 73.8 Å². The van der Waals surface area contributed by atoms with E-state index in [4.69, 9.17) is 9.52 Å². The van der Waals surface area contributed by atoms with E-state index in [9.17, 15) is 0 Å². The largest absolute Gasteiger partial charge is 0.461 e. The molecule has 6 heteroatoms. The molecule has 0 aliphatic heterocycles. The van der Waals surface area contributed by atoms with Gasteiger partial charge < -0.3 is 9.52 Å². The minimum absolute atomic E-state index is 0.00600. The zero-order chi connectivity index (χ0) is 9.10. The predicted molar refractivity (Wildman–Crippen MR) is 42.6 cm³/mol. The summed E-state index contributed by atoms with van der Waals surface area (Å²) in [6.07, 6.45) is 1.54. The van der Waals surface area contributed by atoms with Gasteiger partial charge in [-0.3, -0.25) is 0 Å². The second-order valence-electron chi connectivity index (χ2n) is 2.41. The van der Waals surface area contributed by atoms with Gasteiger partial charge >= 0.3 is 0 Å². The highest BCUT2D eigenvalue weighted by atomic mass is 16.3. The molecule has 0 bridgehead atoms. The first-order chi connectivity index (χ1) is 6.40. The summed E-state index contributed by atoms with van der Waals surface area (Å²) >= 11 is 0. The second kappa shape index (κ2) is 3.36. The molecule has 0 fully saturated rings. The number of hydrogen-bond acceptors (Lipinski definition) is 5. The van der Waals surface area contributed by atoms with Crippen LogP contribution >= 0.6 is 0 Å². The van der Waals surface area contributed by atoms with Gasteiger partial charge in [-0.2, -0.15) is 4.80 Å². The molecule has 13 heavy (non-hydrogen) atoms. The van der Waals surface area contributed by atoms with Crippen LogP contribution in [0.4, 0.5) is 0 Å². The lowest BCUT2D eigenvalue weighted by Crippen LogP contribution is -2.05. The number of hydrogen-bond donors (Lipinski definition) is 1. The summed E-state index contributed by atoms with van der Waals surface area (Å²) < 4.78 is 5.07. The highest BCUT2D eigenvalue weighted by Gasteiger charge is 2.06. The molecule has 0 saturated carbocycles. The number of aliphatic hydroxyl groups excluding tert-OH is 1. The number of rotatable bonds is 3.